The van der Waals surface area contributed by atoms with Crippen LogP contribution in [0.25, 0.3) is 0 Å². The second kappa shape index (κ2) is 5.67. The van der Waals surface area contributed by atoms with E-state index in [1.54, 1.807) is 0 Å². The Morgan fingerprint density at radius 2 is 2.12 bits per heavy atom. The normalized spacial score (nSPS) is 20.6. The topological polar surface area (TPSA) is 15.3 Å². The zero-order valence-corrected chi connectivity index (χ0v) is 10.5. The molecule has 0 amide bonds. The molecule has 0 saturated carbocycles. The minimum atomic E-state index is 0.678. The minimum Gasteiger partial charge on any atom is -0.313 e. The van der Waals surface area contributed by atoms with Crippen LogP contribution in [-0.4, -0.2) is 31.1 Å². The smallest absolute Gasteiger partial charge is 0.0406 e. The predicted molar refractivity (Wildman–Crippen MR) is 68.8 cm³/mol. The molecule has 1 aliphatic heterocycles. The summed E-state index contributed by atoms with van der Waals surface area (Å²) >= 11 is 5.86. The van der Waals surface area contributed by atoms with Gasteiger partial charge in [-0.1, -0.05) is 23.7 Å². The molecular formula is C13H19ClN2. The SMILES string of the molecule is CN(Cc1ccc(Cl)cc1)CC1CCCN1. The average Bonchev–Trinajstić information content (AvgIpc) is 2.74. The second-order valence-electron chi connectivity index (χ2n) is 4.62. The van der Waals surface area contributed by atoms with Crippen LogP contribution in [-0.2, 0) is 6.54 Å². The van der Waals surface area contributed by atoms with Crippen molar-refractivity contribution in [2.24, 2.45) is 0 Å². The quantitative estimate of drug-likeness (QED) is 0.867. The van der Waals surface area contributed by atoms with Crippen LogP contribution in [0.15, 0.2) is 24.3 Å². The molecule has 1 fully saturated rings. The van der Waals surface area contributed by atoms with Gasteiger partial charge in [-0.15, -0.1) is 0 Å². The molecule has 1 heterocycles. The summed E-state index contributed by atoms with van der Waals surface area (Å²) in [6.07, 6.45) is 2.63. The highest BCUT2D eigenvalue weighted by atomic mass is 35.5. The van der Waals surface area contributed by atoms with Crippen molar-refractivity contribution in [1.29, 1.82) is 0 Å². The summed E-state index contributed by atoms with van der Waals surface area (Å²) in [4.78, 5) is 2.37. The van der Waals surface area contributed by atoms with Crippen LogP contribution in [0.4, 0.5) is 0 Å². The number of nitrogens with one attached hydrogen (secondary N) is 1. The third-order valence-corrected chi connectivity index (χ3v) is 3.31. The molecule has 1 unspecified atom stereocenters. The number of hydrogen-bond acceptors (Lipinski definition) is 2. The molecule has 0 radical (unpaired) electrons. The molecule has 0 aliphatic carbocycles. The summed E-state index contributed by atoms with van der Waals surface area (Å²) in [5.74, 6) is 0. The number of hydrogen-bond donors (Lipinski definition) is 1. The molecule has 1 atom stereocenters. The number of nitrogens with zero attached hydrogens (tertiary/aromatic N) is 1. The summed E-state index contributed by atoms with van der Waals surface area (Å²) in [6.45, 7) is 3.30. The van der Waals surface area contributed by atoms with Gasteiger partial charge in [-0.2, -0.15) is 0 Å². The van der Waals surface area contributed by atoms with Crippen LogP contribution in [0.3, 0.4) is 0 Å². The molecular weight excluding hydrogens is 220 g/mol. The van der Waals surface area contributed by atoms with Crippen molar-refractivity contribution in [1.82, 2.24) is 10.2 Å². The van der Waals surface area contributed by atoms with Crippen LogP contribution in [0.5, 0.6) is 0 Å². The fourth-order valence-corrected chi connectivity index (χ4v) is 2.38. The third-order valence-electron chi connectivity index (χ3n) is 3.06. The molecule has 1 N–H and O–H groups in total. The van der Waals surface area contributed by atoms with E-state index in [-0.39, 0.29) is 0 Å². The molecule has 1 aromatic carbocycles. The Labute approximate surface area is 103 Å². The Balaban J connectivity index is 1.81. The van der Waals surface area contributed by atoms with Crippen molar-refractivity contribution in [3.63, 3.8) is 0 Å². The molecule has 3 heteroatoms. The zero-order valence-electron chi connectivity index (χ0n) is 9.75. The van der Waals surface area contributed by atoms with Crippen LogP contribution in [0, 0.1) is 0 Å². The molecule has 16 heavy (non-hydrogen) atoms. The molecule has 0 bridgehead atoms. The lowest BCUT2D eigenvalue weighted by molar-refractivity contribution is 0.293. The van der Waals surface area contributed by atoms with Gasteiger partial charge in [0.25, 0.3) is 0 Å². The molecule has 1 aliphatic rings. The molecule has 1 aromatic rings. The zero-order chi connectivity index (χ0) is 11.4. The van der Waals surface area contributed by atoms with Gasteiger partial charge in [0.1, 0.15) is 0 Å². The lowest BCUT2D eigenvalue weighted by atomic mass is 10.2. The van der Waals surface area contributed by atoms with Crippen LogP contribution < -0.4 is 5.32 Å². The van der Waals surface area contributed by atoms with E-state index >= 15 is 0 Å². The molecule has 0 spiro atoms. The van der Waals surface area contributed by atoms with E-state index in [1.165, 1.54) is 24.9 Å². The first kappa shape index (κ1) is 11.9. The van der Waals surface area contributed by atoms with Gasteiger partial charge in [-0.3, -0.25) is 0 Å². The Hall–Kier alpha value is -0.570. The van der Waals surface area contributed by atoms with E-state index < -0.39 is 0 Å². The molecule has 2 nitrogen and oxygen atoms in total. The lowest BCUT2D eigenvalue weighted by Crippen LogP contribution is -2.34. The predicted octanol–water partition coefficient (Wildman–Crippen LogP) is 2.52. The minimum absolute atomic E-state index is 0.678. The van der Waals surface area contributed by atoms with Gasteiger partial charge >= 0.3 is 0 Å². The Kier molecular flexibility index (Phi) is 4.22. The van der Waals surface area contributed by atoms with Crippen molar-refractivity contribution >= 4 is 11.6 Å². The highest BCUT2D eigenvalue weighted by Crippen LogP contribution is 2.12. The molecule has 1 saturated heterocycles. The van der Waals surface area contributed by atoms with E-state index in [1.807, 2.05) is 12.1 Å². The van der Waals surface area contributed by atoms with Gasteiger partial charge < -0.3 is 10.2 Å². The van der Waals surface area contributed by atoms with Crippen molar-refractivity contribution in [2.75, 3.05) is 20.1 Å². The maximum Gasteiger partial charge on any atom is 0.0406 e. The van der Waals surface area contributed by atoms with Crippen molar-refractivity contribution < 1.29 is 0 Å². The molecule has 2 rings (SSSR count). The fraction of sp³-hybridized carbons (Fsp3) is 0.538. The van der Waals surface area contributed by atoms with Gasteiger partial charge in [-0.25, -0.2) is 0 Å². The largest absolute Gasteiger partial charge is 0.313 e. The van der Waals surface area contributed by atoms with Crippen LogP contribution >= 0.6 is 11.6 Å². The summed E-state index contributed by atoms with van der Waals surface area (Å²) in [6, 6.07) is 8.79. The first-order valence-corrected chi connectivity index (χ1v) is 6.28. The lowest BCUT2D eigenvalue weighted by Gasteiger charge is -2.21. The highest BCUT2D eigenvalue weighted by Gasteiger charge is 2.15. The van der Waals surface area contributed by atoms with Crippen molar-refractivity contribution in [3.8, 4) is 0 Å². The summed E-state index contributed by atoms with van der Waals surface area (Å²) in [5, 5.41) is 4.33. The standard InChI is InChI=1S/C13H19ClN2/c1-16(10-13-3-2-8-15-13)9-11-4-6-12(14)7-5-11/h4-7,13,15H,2-3,8-10H2,1H3. The Bertz CT molecular complexity index is 317. The van der Waals surface area contributed by atoms with Gasteiger partial charge in [0.15, 0.2) is 0 Å². The maximum absolute atomic E-state index is 5.86. The second-order valence-corrected chi connectivity index (χ2v) is 5.05. The molecule has 88 valence electrons. The van der Waals surface area contributed by atoms with Gasteiger partial charge in [0.05, 0.1) is 0 Å². The average molecular weight is 239 g/mol. The number of likely N-dealkylation sites (N-methyl/N-ethyl adjacent to an activating group) is 1. The fourth-order valence-electron chi connectivity index (χ4n) is 2.25. The van der Waals surface area contributed by atoms with E-state index in [9.17, 15) is 0 Å². The van der Waals surface area contributed by atoms with Gasteiger partial charge in [0, 0.05) is 24.2 Å². The van der Waals surface area contributed by atoms with E-state index in [0.717, 1.165) is 18.1 Å². The third kappa shape index (κ3) is 3.48. The maximum atomic E-state index is 5.86. The van der Waals surface area contributed by atoms with Crippen molar-refractivity contribution in [3.05, 3.63) is 34.9 Å². The van der Waals surface area contributed by atoms with Gasteiger partial charge in [-0.05, 0) is 44.1 Å². The van der Waals surface area contributed by atoms with E-state index in [2.05, 4.69) is 29.4 Å². The van der Waals surface area contributed by atoms with Gasteiger partial charge in [0.2, 0.25) is 0 Å². The van der Waals surface area contributed by atoms with Crippen molar-refractivity contribution in [2.45, 2.75) is 25.4 Å². The van der Waals surface area contributed by atoms with Crippen LogP contribution in [0.1, 0.15) is 18.4 Å². The Morgan fingerprint density at radius 1 is 1.38 bits per heavy atom. The number of benzene rings is 1. The summed E-state index contributed by atoms with van der Waals surface area (Å²) in [5.41, 5.74) is 1.32. The summed E-state index contributed by atoms with van der Waals surface area (Å²) in [7, 11) is 2.18. The number of halogens is 1. The van der Waals surface area contributed by atoms with E-state index in [0.29, 0.717) is 6.04 Å². The molecule has 0 aromatic heterocycles. The summed E-state index contributed by atoms with van der Waals surface area (Å²) < 4.78 is 0. The Morgan fingerprint density at radius 3 is 2.75 bits per heavy atom. The first-order chi connectivity index (χ1) is 7.74. The highest BCUT2D eigenvalue weighted by molar-refractivity contribution is 6.30. The first-order valence-electron chi connectivity index (χ1n) is 5.90. The van der Waals surface area contributed by atoms with Crippen LogP contribution in [0.2, 0.25) is 5.02 Å². The monoisotopic (exact) mass is 238 g/mol. The number of rotatable bonds is 4. The van der Waals surface area contributed by atoms with E-state index in [4.69, 9.17) is 11.6 Å².